The molecule has 19 heavy (non-hydrogen) atoms. The molecule has 1 rings (SSSR count). The zero-order valence-electron chi connectivity index (χ0n) is 12.9. The van der Waals surface area contributed by atoms with E-state index in [0.717, 1.165) is 45.0 Å². The molecule has 4 heteroatoms. The monoisotopic (exact) mass is 267 g/mol. The summed E-state index contributed by atoms with van der Waals surface area (Å²) in [4.78, 5) is 4.71. The van der Waals surface area contributed by atoms with Gasteiger partial charge in [0, 0.05) is 12.1 Å². The third kappa shape index (κ3) is 6.23. The Morgan fingerprint density at radius 3 is 2.63 bits per heavy atom. The van der Waals surface area contributed by atoms with E-state index in [1.54, 1.807) is 6.26 Å². The van der Waals surface area contributed by atoms with Crippen molar-refractivity contribution in [1.82, 2.24) is 15.1 Å². The average Bonchev–Trinajstić information content (AvgIpc) is 2.82. The molecule has 0 aliphatic carbocycles. The molecule has 1 aromatic rings. The first kappa shape index (κ1) is 16.2. The van der Waals surface area contributed by atoms with Crippen LogP contribution in [-0.2, 0) is 13.1 Å². The zero-order chi connectivity index (χ0) is 14.1. The lowest BCUT2D eigenvalue weighted by Crippen LogP contribution is -2.27. The van der Waals surface area contributed by atoms with Crippen molar-refractivity contribution < 1.29 is 4.42 Å². The second kappa shape index (κ2) is 9.13. The van der Waals surface area contributed by atoms with Crippen LogP contribution in [0.2, 0.25) is 0 Å². The fourth-order valence-corrected chi connectivity index (χ4v) is 2.10. The Labute approximate surface area is 117 Å². The van der Waals surface area contributed by atoms with Crippen LogP contribution < -0.4 is 5.32 Å². The summed E-state index contributed by atoms with van der Waals surface area (Å²) in [5.74, 6) is 1.08. The van der Waals surface area contributed by atoms with Gasteiger partial charge in [0.2, 0.25) is 0 Å². The van der Waals surface area contributed by atoms with E-state index in [-0.39, 0.29) is 0 Å². The predicted octanol–water partition coefficient (Wildman–Crippen LogP) is 2.16. The SMILES string of the molecule is CCNCc1occc1CN(CC)CCCN(C)C. The van der Waals surface area contributed by atoms with E-state index < -0.39 is 0 Å². The molecule has 0 saturated heterocycles. The number of hydrogen-bond acceptors (Lipinski definition) is 4. The highest BCUT2D eigenvalue weighted by Crippen LogP contribution is 2.13. The molecule has 0 aromatic carbocycles. The average molecular weight is 267 g/mol. The molecule has 1 aromatic heterocycles. The number of rotatable bonds is 10. The molecule has 0 amide bonds. The Balaban J connectivity index is 2.43. The first-order valence-electron chi connectivity index (χ1n) is 7.30. The Morgan fingerprint density at radius 1 is 1.21 bits per heavy atom. The van der Waals surface area contributed by atoms with Crippen molar-refractivity contribution in [3.8, 4) is 0 Å². The van der Waals surface area contributed by atoms with Crippen LogP contribution in [0, 0.1) is 0 Å². The highest BCUT2D eigenvalue weighted by Gasteiger charge is 2.10. The first-order chi connectivity index (χ1) is 9.17. The molecular formula is C15H29N3O. The summed E-state index contributed by atoms with van der Waals surface area (Å²) < 4.78 is 5.56. The van der Waals surface area contributed by atoms with Gasteiger partial charge in [-0.3, -0.25) is 4.90 Å². The van der Waals surface area contributed by atoms with Crippen LogP contribution in [-0.4, -0.2) is 50.1 Å². The third-order valence-electron chi connectivity index (χ3n) is 3.29. The standard InChI is InChI=1S/C15H29N3O/c1-5-16-12-15-14(8-11-19-15)13-18(6-2)10-7-9-17(3)4/h8,11,16H,5-7,9-10,12-13H2,1-4H3. The molecule has 0 saturated carbocycles. The van der Waals surface area contributed by atoms with Crippen molar-refractivity contribution in [3.05, 3.63) is 23.7 Å². The Kier molecular flexibility index (Phi) is 7.79. The molecule has 0 atom stereocenters. The lowest BCUT2D eigenvalue weighted by Gasteiger charge is -2.21. The van der Waals surface area contributed by atoms with E-state index >= 15 is 0 Å². The minimum Gasteiger partial charge on any atom is -0.468 e. The van der Waals surface area contributed by atoms with Crippen molar-refractivity contribution in [3.63, 3.8) is 0 Å². The van der Waals surface area contributed by atoms with Gasteiger partial charge in [-0.05, 0) is 52.8 Å². The van der Waals surface area contributed by atoms with Gasteiger partial charge in [0.25, 0.3) is 0 Å². The molecule has 1 N–H and O–H groups in total. The fourth-order valence-electron chi connectivity index (χ4n) is 2.10. The molecule has 0 fully saturated rings. The highest BCUT2D eigenvalue weighted by atomic mass is 16.3. The van der Waals surface area contributed by atoms with Gasteiger partial charge in [-0.2, -0.15) is 0 Å². The van der Waals surface area contributed by atoms with Gasteiger partial charge in [-0.25, -0.2) is 0 Å². The minimum atomic E-state index is 0.827. The van der Waals surface area contributed by atoms with Gasteiger partial charge >= 0.3 is 0 Å². The maximum absolute atomic E-state index is 5.56. The summed E-state index contributed by atoms with van der Waals surface area (Å²) in [6, 6.07) is 2.10. The normalized spacial score (nSPS) is 11.7. The molecule has 0 bridgehead atoms. The van der Waals surface area contributed by atoms with Gasteiger partial charge in [0.1, 0.15) is 5.76 Å². The minimum absolute atomic E-state index is 0.827. The summed E-state index contributed by atoms with van der Waals surface area (Å²) in [6.07, 6.45) is 3.01. The summed E-state index contributed by atoms with van der Waals surface area (Å²) in [7, 11) is 4.25. The Morgan fingerprint density at radius 2 is 2.00 bits per heavy atom. The highest BCUT2D eigenvalue weighted by molar-refractivity contribution is 5.16. The maximum Gasteiger partial charge on any atom is 0.122 e. The summed E-state index contributed by atoms with van der Waals surface area (Å²) in [5, 5.41) is 3.32. The van der Waals surface area contributed by atoms with Crippen LogP contribution >= 0.6 is 0 Å². The lowest BCUT2D eigenvalue weighted by molar-refractivity contribution is 0.257. The third-order valence-corrected chi connectivity index (χ3v) is 3.29. The van der Waals surface area contributed by atoms with Gasteiger partial charge in [0.15, 0.2) is 0 Å². The van der Waals surface area contributed by atoms with Crippen molar-refractivity contribution in [2.75, 3.05) is 40.3 Å². The molecule has 0 spiro atoms. The number of nitrogens with zero attached hydrogens (tertiary/aromatic N) is 2. The Bertz CT molecular complexity index is 336. The van der Waals surface area contributed by atoms with E-state index in [1.807, 2.05) is 0 Å². The van der Waals surface area contributed by atoms with Gasteiger partial charge in [-0.15, -0.1) is 0 Å². The van der Waals surface area contributed by atoms with Crippen LogP contribution in [0.1, 0.15) is 31.6 Å². The molecule has 4 nitrogen and oxygen atoms in total. The van der Waals surface area contributed by atoms with Crippen LogP contribution in [0.4, 0.5) is 0 Å². The topological polar surface area (TPSA) is 31.7 Å². The first-order valence-corrected chi connectivity index (χ1v) is 7.30. The maximum atomic E-state index is 5.56. The van der Waals surface area contributed by atoms with Crippen LogP contribution in [0.5, 0.6) is 0 Å². The van der Waals surface area contributed by atoms with Gasteiger partial charge < -0.3 is 14.6 Å². The molecule has 1 heterocycles. The number of hydrogen-bond donors (Lipinski definition) is 1. The van der Waals surface area contributed by atoms with Crippen molar-refractivity contribution in [1.29, 1.82) is 0 Å². The summed E-state index contributed by atoms with van der Waals surface area (Å²) in [5.41, 5.74) is 1.31. The van der Waals surface area contributed by atoms with E-state index in [9.17, 15) is 0 Å². The molecule has 0 aliphatic rings. The molecule has 0 unspecified atom stereocenters. The van der Waals surface area contributed by atoms with Crippen LogP contribution in [0.15, 0.2) is 16.7 Å². The predicted molar refractivity (Wildman–Crippen MR) is 80.2 cm³/mol. The molecule has 0 radical (unpaired) electrons. The van der Waals surface area contributed by atoms with Crippen molar-refractivity contribution in [2.24, 2.45) is 0 Å². The summed E-state index contributed by atoms with van der Waals surface area (Å²) in [6.45, 7) is 10.5. The second-order valence-electron chi connectivity index (χ2n) is 5.17. The van der Waals surface area contributed by atoms with E-state index in [4.69, 9.17) is 4.42 Å². The number of furan rings is 1. The Hall–Kier alpha value is -0.840. The number of nitrogens with one attached hydrogen (secondary N) is 1. The second-order valence-corrected chi connectivity index (χ2v) is 5.17. The zero-order valence-corrected chi connectivity index (χ0v) is 12.9. The van der Waals surface area contributed by atoms with Gasteiger partial charge in [-0.1, -0.05) is 13.8 Å². The van der Waals surface area contributed by atoms with Crippen LogP contribution in [0.25, 0.3) is 0 Å². The van der Waals surface area contributed by atoms with Crippen molar-refractivity contribution >= 4 is 0 Å². The van der Waals surface area contributed by atoms with E-state index in [2.05, 4.69) is 49.1 Å². The molecule has 110 valence electrons. The van der Waals surface area contributed by atoms with E-state index in [0.29, 0.717) is 0 Å². The van der Waals surface area contributed by atoms with Gasteiger partial charge in [0.05, 0.1) is 12.8 Å². The van der Waals surface area contributed by atoms with Crippen molar-refractivity contribution in [2.45, 2.75) is 33.4 Å². The smallest absolute Gasteiger partial charge is 0.122 e. The molecular weight excluding hydrogens is 238 g/mol. The van der Waals surface area contributed by atoms with Crippen LogP contribution in [0.3, 0.4) is 0 Å². The lowest BCUT2D eigenvalue weighted by atomic mass is 10.2. The summed E-state index contributed by atoms with van der Waals surface area (Å²) >= 11 is 0. The molecule has 0 aliphatic heterocycles. The fraction of sp³-hybridized carbons (Fsp3) is 0.733. The quantitative estimate of drug-likeness (QED) is 0.704. The van der Waals surface area contributed by atoms with E-state index in [1.165, 1.54) is 12.0 Å². The largest absolute Gasteiger partial charge is 0.468 e.